The molecule has 0 aromatic rings. The maximum Gasteiger partial charge on any atom is 0.330 e. The summed E-state index contributed by atoms with van der Waals surface area (Å²) >= 11 is 0. The highest BCUT2D eigenvalue weighted by atomic mass is 16.7. The van der Waals surface area contributed by atoms with Crippen LogP contribution in [-0.2, 0) is 42.9 Å². The number of carbonyl (C=O) groups is 4. The van der Waals surface area contributed by atoms with Crippen molar-refractivity contribution in [2.75, 3.05) is 13.2 Å². The van der Waals surface area contributed by atoms with Crippen molar-refractivity contribution in [2.45, 2.75) is 24.4 Å². The summed E-state index contributed by atoms with van der Waals surface area (Å²) in [6.07, 6.45) is -0.975. The second-order valence-corrected chi connectivity index (χ2v) is 5.10. The highest BCUT2D eigenvalue weighted by molar-refractivity contribution is 5.83. The smallest absolute Gasteiger partial charge is 0.330 e. The number of hydrogen-bond donors (Lipinski definition) is 0. The molecule has 146 valence electrons. The second kappa shape index (κ2) is 10.7. The molecular weight excluding hydrogens is 360 g/mol. The van der Waals surface area contributed by atoms with Crippen LogP contribution in [0.3, 0.4) is 0 Å². The molecule has 0 N–H and O–H groups in total. The van der Waals surface area contributed by atoms with E-state index in [9.17, 15) is 19.2 Å². The van der Waals surface area contributed by atoms with Gasteiger partial charge in [-0.1, -0.05) is 26.3 Å². The van der Waals surface area contributed by atoms with Crippen LogP contribution in [0.4, 0.5) is 0 Å². The zero-order valence-electron chi connectivity index (χ0n) is 14.5. The Morgan fingerprint density at radius 1 is 0.778 bits per heavy atom. The third-order valence-corrected chi connectivity index (χ3v) is 3.36. The lowest BCUT2D eigenvalue weighted by atomic mass is 9.99. The molecular formula is C18H20O9. The third-order valence-electron chi connectivity index (χ3n) is 3.36. The highest BCUT2D eigenvalue weighted by Gasteiger charge is 2.47. The fourth-order valence-corrected chi connectivity index (χ4v) is 2.15. The van der Waals surface area contributed by atoms with E-state index in [2.05, 4.69) is 26.3 Å². The van der Waals surface area contributed by atoms with E-state index in [1.54, 1.807) is 0 Å². The molecule has 27 heavy (non-hydrogen) atoms. The van der Waals surface area contributed by atoms with Gasteiger partial charge < -0.3 is 23.7 Å². The standard InChI is InChI=1S/C18H20O9/c1-5-13(19)24-9-11-17(26-15(21)7-3)18(27-16(22)8-4)12(10-23-11)25-14(20)6-2/h5-8,11-12,17-18H,1-4,9-10H2/t11?,12-,17-,18-/m1/s1. The van der Waals surface area contributed by atoms with Gasteiger partial charge in [0.05, 0.1) is 6.61 Å². The predicted molar refractivity (Wildman–Crippen MR) is 91.1 cm³/mol. The quantitative estimate of drug-likeness (QED) is 0.319. The molecule has 1 saturated heterocycles. The van der Waals surface area contributed by atoms with Crippen LogP contribution in [0.5, 0.6) is 0 Å². The van der Waals surface area contributed by atoms with Gasteiger partial charge in [0, 0.05) is 24.3 Å². The van der Waals surface area contributed by atoms with Crippen molar-refractivity contribution in [3.8, 4) is 0 Å². The topological polar surface area (TPSA) is 114 Å². The molecule has 0 amide bonds. The van der Waals surface area contributed by atoms with E-state index in [1.165, 1.54) is 0 Å². The van der Waals surface area contributed by atoms with Gasteiger partial charge in [0.1, 0.15) is 12.7 Å². The first-order valence-electron chi connectivity index (χ1n) is 7.76. The molecule has 0 spiro atoms. The molecule has 0 saturated carbocycles. The molecule has 0 aromatic carbocycles. The van der Waals surface area contributed by atoms with Crippen LogP contribution in [0.15, 0.2) is 50.6 Å². The summed E-state index contributed by atoms with van der Waals surface area (Å²) in [5.41, 5.74) is 0. The molecule has 1 rings (SSSR count). The van der Waals surface area contributed by atoms with Gasteiger partial charge in [0.25, 0.3) is 0 Å². The molecule has 0 bridgehead atoms. The fraction of sp³-hybridized carbons (Fsp3) is 0.333. The van der Waals surface area contributed by atoms with E-state index in [0.717, 1.165) is 24.3 Å². The normalized spacial score (nSPS) is 23.9. The summed E-state index contributed by atoms with van der Waals surface area (Å²) in [6.45, 7) is 12.6. The van der Waals surface area contributed by atoms with Gasteiger partial charge >= 0.3 is 23.9 Å². The Balaban J connectivity index is 3.12. The minimum Gasteiger partial charge on any atom is -0.460 e. The van der Waals surface area contributed by atoms with Crippen molar-refractivity contribution in [1.82, 2.24) is 0 Å². The Kier molecular flexibility index (Phi) is 8.67. The number of esters is 4. The average molecular weight is 380 g/mol. The first-order chi connectivity index (χ1) is 12.9. The van der Waals surface area contributed by atoms with Gasteiger partial charge in [-0.2, -0.15) is 0 Å². The van der Waals surface area contributed by atoms with Gasteiger partial charge in [0.2, 0.25) is 0 Å². The Morgan fingerprint density at radius 3 is 1.78 bits per heavy atom. The zero-order chi connectivity index (χ0) is 20.4. The third kappa shape index (κ3) is 6.55. The monoisotopic (exact) mass is 380 g/mol. The van der Waals surface area contributed by atoms with Crippen LogP contribution < -0.4 is 0 Å². The molecule has 0 radical (unpaired) electrons. The highest BCUT2D eigenvalue weighted by Crippen LogP contribution is 2.25. The molecule has 1 unspecified atom stereocenters. The number of hydrogen-bond acceptors (Lipinski definition) is 9. The second-order valence-electron chi connectivity index (χ2n) is 5.10. The van der Waals surface area contributed by atoms with Gasteiger partial charge in [-0.05, 0) is 0 Å². The molecule has 1 aliphatic rings. The predicted octanol–water partition coefficient (Wildman–Crippen LogP) is 0.408. The Bertz CT molecular complexity index is 637. The van der Waals surface area contributed by atoms with E-state index >= 15 is 0 Å². The van der Waals surface area contributed by atoms with Crippen molar-refractivity contribution < 1.29 is 42.9 Å². The van der Waals surface area contributed by atoms with Crippen molar-refractivity contribution in [3.05, 3.63) is 50.6 Å². The van der Waals surface area contributed by atoms with Gasteiger partial charge in [-0.15, -0.1) is 0 Å². The van der Waals surface area contributed by atoms with Crippen LogP contribution in [0.2, 0.25) is 0 Å². The first-order valence-corrected chi connectivity index (χ1v) is 7.76. The number of carbonyl (C=O) groups excluding carboxylic acids is 4. The maximum absolute atomic E-state index is 11.7. The average Bonchev–Trinajstić information content (AvgIpc) is 2.68. The van der Waals surface area contributed by atoms with Crippen LogP contribution in [-0.4, -0.2) is 61.5 Å². The maximum atomic E-state index is 11.7. The van der Waals surface area contributed by atoms with E-state index in [1.807, 2.05) is 0 Å². The van der Waals surface area contributed by atoms with E-state index in [4.69, 9.17) is 23.7 Å². The minimum absolute atomic E-state index is 0.215. The zero-order valence-corrected chi connectivity index (χ0v) is 14.5. The van der Waals surface area contributed by atoms with Crippen LogP contribution in [0, 0.1) is 0 Å². The summed E-state index contributed by atoms with van der Waals surface area (Å²) in [5, 5.41) is 0. The number of rotatable bonds is 9. The molecule has 9 nitrogen and oxygen atoms in total. The van der Waals surface area contributed by atoms with Gasteiger partial charge in [-0.25, -0.2) is 19.2 Å². The van der Waals surface area contributed by atoms with Gasteiger partial charge in [-0.3, -0.25) is 0 Å². The Morgan fingerprint density at radius 2 is 1.26 bits per heavy atom. The SMILES string of the molecule is C=CC(=O)OCC1OC[C@@H](OC(=O)C=C)[C@@H](OC(=O)C=C)[C@@H]1OC(=O)C=C. The largest absolute Gasteiger partial charge is 0.460 e. The lowest BCUT2D eigenvalue weighted by molar-refractivity contribution is -0.228. The first kappa shape index (κ1) is 21.8. The summed E-state index contributed by atoms with van der Waals surface area (Å²) < 4.78 is 25.9. The lowest BCUT2D eigenvalue weighted by Crippen LogP contribution is -2.58. The summed E-state index contributed by atoms with van der Waals surface area (Å²) in [4.78, 5) is 46.2. The lowest BCUT2D eigenvalue weighted by Gasteiger charge is -2.40. The summed E-state index contributed by atoms with van der Waals surface area (Å²) in [5.74, 6) is -3.22. The van der Waals surface area contributed by atoms with Crippen molar-refractivity contribution in [3.63, 3.8) is 0 Å². The van der Waals surface area contributed by atoms with Crippen molar-refractivity contribution >= 4 is 23.9 Å². The van der Waals surface area contributed by atoms with Crippen molar-refractivity contribution in [1.29, 1.82) is 0 Å². The van der Waals surface area contributed by atoms with Crippen molar-refractivity contribution in [2.24, 2.45) is 0 Å². The summed E-state index contributed by atoms with van der Waals surface area (Å²) in [6, 6.07) is 0. The Hall–Kier alpha value is -3.20. The molecule has 1 aliphatic heterocycles. The van der Waals surface area contributed by atoms with E-state index in [0.29, 0.717) is 0 Å². The van der Waals surface area contributed by atoms with E-state index < -0.39 is 48.3 Å². The minimum atomic E-state index is -1.26. The molecule has 1 fully saturated rings. The van der Waals surface area contributed by atoms with E-state index in [-0.39, 0.29) is 13.2 Å². The molecule has 1 heterocycles. The van der Waals surface area contributed by atoms with Crippen LogP contribution in [0.25, 0.3) is 0 Å². The molecule has 0 aliphatic carbocycles. The molecule has 4 atom stereocenters. The number of ether oxygens (including phenoxy) is 5. The summed E-state index contributed by atoms with van der Waals surface area (Å²) in [7, 11) is 0. The van der Waals surface area contributed by atoms with Gasteiger partial charge in [0.15, 0.2) is 18.3 Å². The van der Waals surface area contributed by atoms with Crippen LogP contribution >= 0.6 is 0 Å². The van der Waals surface area contributed by atoms with Crippen LogP contribution in [0.1, 0.15) is 0 Å². The fourth-order valence-electron chi connectivity index (χ4n) is 2.15. The molecule has 0 aromatic heterocycles. The Labute approximate surface area is 155 Å². The molecule has 9 heteroatoms.